The van der Waals surface area contributed by atoms with Crippen molar-refractivity contribution in [2.45, 2.75) is 45.4 Å². The molecule has 0 aliphatic carbocycles. The van der Waals surface area contributed by atoms with Gasteiger partial charge in [-0.2, -0.15) is 11.3 Å². The standard InChI is InChI=1S/C21H31N5OS.HI/c1-15(19-7-8-28-14-19)9-24-21(22-4)25-11-18-5-6-20(23-10-18)26-12-16(2)27-17(3)13-26;/h5-8,10,14-17H,9,11-13H2,1-4H3,(H2,22,24,25);1H. The van der Waals surface area contributed by atoms with Gasteiger partial charge in [0.2, 0.25) is 0 Å². The van der Waals surface area contributed by atoms with Crippen molar-refractivity contribution in [1.82, 2.24) is 15.6 Å². The van der Waals surface area contributed by atoms with E-state index in [4.69, 9.17) is 4.74 Å². The summed E-state index contributed by atoms with van der Waals surface area (Å²) in [6.07, 6.45) is 2.41. The van der Waals surface area contributed by atoms with Crippen molar-refractivity contribution >= 4 is 47.1 Å². The maximum atomic E-state index is 5.80. The van der Waals surface area contributed by atoms with Crippen molar-refractivity contribution in [3.63, 3.8) is 0 Å². The summed E-state index contributed by atoms with van der Waals surface area (Å²) in [5.41, 5.74) is 2.49. The van der Waals surface area contributed by atoms with Crippen LogP contribution in [0.3, 0.4) is 0 Å². The van der Waals surface area contributed by atoms with Crippen molar-refractivity contribution in [2.24, 2.45) is 4.99 Å². The maximum absolute atomic E-state index is 5.80. The number of ether oxygens (including phenoxy) is 1. The highest BCUT2D eigenvalue weighted by Gasteiger charge is 2.22. The maximum Gasteiger partial charge on any atom is 0.191 e. The molecule has 0 saturated carbocycles. The number of thiophene rings is 1. The molecule has 1 aliphatic heterocycles. The lowest BCUT2D eigenvalue weighted by Gasteiger charge is -2.36. The highest BCUT2D eigenvalue weighted by molar-refractivity contribution is 14.0. The van der Waals surface area contributed by atoms with E-state index in [-0.39, 0.29) is 36.2 Å². The molecule has 2 N–H and O–H groups in total. The number of halogens is 1. The topological polar surface area (TPSA) is 61.8 Å². The molecule has 1 fully saturated rings. The van der Waals surface area contributed by atoms with E-state index in [1.54, 1.807) is 18.4 Å². The largest absolute Gasteiger partial charge is 0.372 e. The van der Waals surface area contributed by atoms with Crippen molar-refractivity contribution in [3.8, 4) is 0 Å². The second kappa shape index (κ2) is 11.7. The summed E-state index contributed by atoms with van der Waals surface area (Å²) in [5.74, 6) is 2.27. The van der Waals surface area contributed by atoms with Gasteiger partial charge in [0.25, 0.3) is 0 Å². The van der Waals surface area contributed by atoms with E-state index < -0.39 is 0 Å². The van der Waals surface area contributed by atoms with Crippen molar-refractivity contribution in [2.75, 3.05) is 31.6 Å². The number of rotatable bonds is 6. The lowest BCUT2D eigenvalue weighted by Crippen LogP contribution is -2.45. The Bertz CT molecular complexity index is 743. The highest BCUT2D eigenvalue weighted by Crippen LogP contribution is 2.19. The van der Waals surface area contributed by atoms with Crippen LogP contribution in [0.5, 0.6) is 0 Å². The molecule has 0 aromatic carbocycles. The number of aromatic nitrogens is 1. The Morgan fingerprint density at radius 3 is 2.62 bits per heavy atom. The van der Waals surface area contributed by atoms with E-state index >= 15 is 0 Å². The summed E-state index contributed by atoms with van der Waals surface area (Å²) < 4.78 is 5.80. The molecule has 0 bridgehead atoms. The van der Waals surface area contributed by atoms with Crippen molar-refractivity contribution in [3.05, 3.63) is 46.3 Å². The van der Waals surface area contributed by atoms with Crippen LogP contribution in [0.2, 0.25) is 0 Å². The summed E-state index contributed by atoms with van der Waals surface area (Å²) >= 11 is 1.74. The quantitative estimate of drug-likeness (QED) is 0.338. The van der Waals surface area contributed by atoms with Crippen LogP contribution in [0.15, 0.2) is 40.1 Å². The first-order chi connectivity index (χ1) is 13.5. The molecule has 3 unspecified atom stereocenters. The normalized spacial score (nSPS) is 20.7. The van der Waals surface area contributed by atoms with Gasteiger partial charge in [0.15, 0.2) is 5.96 Å². The molecule has 1 saturated heterocycles. The van der Waals surface area contributed by atoms with Crippen LogP contribution >= 0.6 is 35.3 Å². The molecule has 1 aliphatic rings. The SMILES string of the molecule is CN=C(NCc1ccc(N2CC(C)OC(C)C2)nc1)NCC(C)c1ccsc1.I. The molecule has 8 heteroatoms. The third kappa shape index (κ3) is 7.11. The number of nitrogens with zero attached hydrogens (tertiary/aromatic N) is 3. The molecule has 2 aromatic rings. The first-order valence-electron chi connectivity index (χ1n) is 9.87. The molecule has 2 aromatic heterocycles. The molecule has 3 atom stereocenters. The van der Waals surface area contributed by atoms with Crippen molar-refractivity contribution in [1.29, 1.82) is 0 Å². The van der Waals surface area contributed by atoms with Crippen LogP contribution in [0, 0.1) is 0 Å². The number of anilines is 1. The highest BCUT2D eigenvalue weighted by atomic mass is 127. The van der Waals surface area contributed by atoms with Crippen LogP contribution < -0.4 is 15.5 Å². The predicted octanol–water partition coefficient (Wildman–Crippen LogP) is 3.84. The first kappa shape index (κ1) is 23.9. The molecule has 0 radical (unpaired) electrons. The number of guanidine groups is 1. The van der Waals surface area contributed by atoms with Crippen LogP contribution in [0.1, 0.15) is 37.8 Å². The minimum absolute atomic E-state index is 0. The third-order valence-corrected chi connectivity index (χ3v) is 5.63. The average Bonchev–Trinajstić information content (AvgIpc) is 3.22. The van der Waals surface area contributed by atoms with Gasteiger partial charge in [0, 0.05) is 39.4 Å². The van der Waals surface area contributed by atoms with Gasteiger partial charge in [-0.1, -0.05) is 13.0 Å². The number of aliphatic imine (C=N–C) groups is 1. The molecular weight excluding hydrogens is 497 g/mol. The van der Waals surface area contributed by atoms with Gasteiger partial charge in [-0.15, -0.1) is 24.0 Å². The Hall–Kier alpha value is -1.39. The number of hydrogen-bond donors (Lipinski definition) is 2. The van der Waals surface area contributed by atoms with Gasteiger partial charge in [0.1, 0.15) is 5.82 Å². The number of nitrogens with one attached hydrogen (secondary N) is 2. The van der Waals surface area contributed by atoms with Gasteiger partial charge in [-0.25, -0.2) is 4.98 Å². The molecule has 0 spiro atoms. The zero-order valence-electron chi connectivity index (χ0n) is 17.6. The molecule has 3 heterocycles. The lowest BCUT2D eigenvalue weighted by atomic mass is 10.1. The Morgan fingerprint density at radius 1 is 1.28 bits per heavy atom. The van der Waals surface area contributed by atoms with E-state index in [0.29, 0.717) is 12.5 Å². The first-order valence-corrected chi connectivity index (χ1v) is 10.8. The summed E-state index contributed by atoms with van der Waals surface area (Å²) in [6, 6.07) is 6.40. The fraction of sp³-hybridized carbons (Fsp3) is 0.524. The molecule has 160 valence electrons. The number of hydrogen-bond acceptors (Lipinski definition) is 5. The van der Waals surface area contributed by atoms with E-state index in [9.17, 15) is 0 Å². The molecule has 29 heavy (non-hydrogen) atoms. The lowest BCUT2D eigenvalue weighted by molar-refractivity contribution is -0.00545. The molecule has 6 nitrogen and oxygen atoms in total. The smallest absolute Gasteiger partial charge is 0.191 e. The Labute approximate surface area is 195 Å². The van der Waals surface area contributed by atoms with Gasteiger partial charge in [0.05, 0.1) is 12.2 Å². The fourth-order valence-electron chi connectivity index (χ4n) is 3.40. The fourth-order valence-corrected chi connectivity index (χ4v) is 4.18. The van der Waals surface area contributed by atoms with Crippen molar-refractivity contribution < 1.29 is 4.74 Å². The van der Waals surface area contributed by atoms with Crippen LogP contribution in [0.4, 0.5) is 5.82 Å². The molecular formula is C21H32IN5OS. The summed E-state index contributed by atoms with van der Waals surface area (Å²) in [7, 11) is 1.80. The second-order valence-electron chi connectivity index (χ2n) is 7.45. The monoisotopic (exact) mass is 529 g/mol. The summed E-state index contributed by atoms with van der Waals surface area (Å²) in [4.78, 5) is 11.3. The Kier molecular flexibility index (Phi) is 9.64. The minimum Gasteiger partial charge on any atom is -0.372 e. The number of pyridine rings is 1. The van der Waals surface area contributed by atoms with Gasteiger partial charge >= 0.3 is 0 Å². The Balaban J connectivity index is 0.00000300. The van der Waals surface area contributed by atoms with E-state index in [1.807, 2.05) is 6.20 Å². The van der Waals surface area contributed by atoms with Gasteiger partial charge < -0.3 is 20.3 Å². The van der Waals surface area contributed by atoms with Gasteiger partial charge in [-0.05, 0) is 53.8 Å². The Morgan fingerprint density at radius 2 is 2.03 bits per heavy atom. The van der Waals surface area contributed by atoms with Gasteiger partial charge in [-0.3, -0.25) is 4.99 Å². The third-order valence-electron chi connectivity index (χ3n) is 4.92. The zero-order chi connectivity index (χ0) is 19.9. The van der Waals surface area contributed by atoms with E-state index in [0.717, 1.165) is 37.0 Å². The van der Waals surface area contributed by atoms with Crippen LogP contribution in [-0.2, 0) is 11.3 Å². The minimum atomic E-state index is 0. The predicted molar refractivity (Wildman–Crippen MR) is 133 cm³/mol. The average molecular weight is 529 g/mol. The molecule has 3 rings (SSSR count). The second-order valence-corrected chi connectivity index (χ2v) is 8.23. The molecule has 0 amide bonds. The number of morpholine rings is 1. The van der Waals surface area contributed by atoms with E-state index in [1.165, 1.54) is 5.56 Å². The zero-order valence-corrected chi connectivity index (χ0v) is 20.7. The van der Waals surface area contributed by atoms with E-state index in [2.05, 4.69) is 75.2 Å². The summed E-state index contributed by atoms with van der Waals surface area (Å²) in [5, 5.41) is 11.1. The van der Waals surface area contributed by atoms with Crippen LogP contribution in [-0.4, -0.2) is 49.8 Å². The summed E-state index contributed by atoms with van der Waals surface area (Å²) in [6.45, 7) is 9.74. The van der Waals surface area contributed by atoms with Crippen LogP contribution in [0.25, 0.3) is 0 Å².